The largest absolute Gasteiger partial charge is 0.369 e. The van der Waals surface area contributed by atoms with Crippen LogP contribution < -0.4 is 16.4 Å². The van der Waals surface area contributed by atoms with E-state index in [-0.39, 0.29) is 30.6 Å². The molecule has 27 heavy (non-hydrogen) atoms. The lowest BCUT2D eigenvalue weighted by molar-refractivity contribution is -0.123. The predicted molar refractivity (Wildman–Crippen MR) is 102 cm³/mol. The summed E-state index contributed by atoms with van der Waals surface area (Å²) in [6.07, 6.45) is 1.04. The molecule has 1 atom stereocenters. The van der Waals surface area contributed by atoms with Crippen molar-refractivity contribution in [3.8, 4) is 0 Å². The van der Waals surface area contributed by atoms with Crippen LogP contribution >= 0.6 is 11.3 Å². The first-order valence-corrected chi connectivity index (χ1v) is 9.51. The van der Waals surface area contributed by atoms with Crippen LogP contribution in [0.15, 0.2) is 41.1 Å². The quantitative estimate of drug-likeness (QED) is 0.539. The molecule has 0 aliphatic rings. The molecular weight excluding hydrogens is 369 g/mol. The average molecular weight is 391 g/mol. The highest BCUT2D eigenvalue weighted by molar-refractivity contribution is 7.08. The number of amides is 3. The predicted octanol–water partition coefficient (Wildman–Crippen LogP) is 1.86. The Morgan fingerprint density at radius 3 is 2.48 bits per heavy atom. The summed E-state index contributed by atoms with van der Waals surface area (Å²) in [7, 11) is 0. The van der Waals surface area contributed by atoms with Crippen LogP contribution in [0.1, 0.15) is 28.8 Å². The lowest BCUT2D eigenvalue weighted by Gasteiger charge is -2.14. The maximum atomic E-state index is 12.9. The Balaban J connectivity index is 1.68. The van der Waals surface area contributed by atoms with E-state index >= 15 is 0 Å². The summed E-state index contributed by atoms with van der Waals surface area (Å²) >= 11 is 1.44. The molecule has 1 aromatic heterocycles. The van der Waals surface area contributed by atoms with Crippen LogP contribution in [0.2, 0.25) is 0 Å². The fourth-order valence-electron chi connectivity index (χ4n) is 2.45. The third-order valence-corrected chi connectivity index (χ3v) is 4.68. The van der Waals surface area contributed by atoms with E-state index < -0.39 is 11.8 Å². The summed E-state index contributed by atoms with van der Waals surface area (Å²) < 4.78 is 12.9. The number of thiophene rings is 1. The monoisotopic (exact) mass is 391 g/mol. The normalized spacial score (nSPS) is 11.6. The fourth-order valence-corrected chi connectivity index (χ4v) is 3.09. The molecule has 1 aromatic carbocycles. The second kappa shape index (κ2) is 10.4. The fraction of sp³-hybridized carbons (Fsp3) is 0.316. The molecule has 2 rings (SSSR count). The van der Waals surface area contributed by atoms with E-state index in [0.717, 1.165) is 5.56 Å². The zero-order chi connectivity index (χ0) is 19.6. The minimum atomic E-state index is -0.572. The van der Waals surface area contributed by atoms with Gasteiger partial charge in [0.05, 0.1) is 5.92 Å². The standard InChI is InChI=1S/C19H22FN3O3S/c20-16-5-3-13(4-6-16)10-15(18(21)25)11-23-17(24)2-1-8-22-19(26)14-7-9-27-12-14/h3-7,9,12,15H,1-2,8,10-11H2,(H2,21,25)(H,22,26)(H,23,24). The highest BCUT2D eigenvalue weighted by atomic mass is 32.1. The summed E-state index contributed by atoms with van der Waals surface area (Å²) in [5.41, 5.74) is 6.77. The third kappa shape index (κ3) is 7.18. The molecule has 8 heteroatoms. The van der Waals surface area contributed by atoms with Gasteiger partial charge >= 0.3 is 0 Å². The summed E-state index contributed by atoms with van der Waals surface area (Å²) in [6, 6.07) is 7.54. The molecule has 0 aliphatic heterocycles. The van der Waals surface area contributed by atoms with Crippen LogP contribution in [0.25, 0.3) is 0 Å². The maximum Gasteiger partial charge on any atom is 0.252 e. The Kier molecular flexibility index (Phi) is 7.94. The number of halogens is 1. The number of hydrogen-bond donors (Lipinski definition) is 3. The number of carbonyl (C=O) groups excluding carboxylic acids is 3. The van der Waals surface area contributed by atoms with Crippen LogP contribution in [0.4, 0.5) is 4.39 Å². The minimum absolute atomic E-state index is 0.118. The van der Waals surface area contributed by atoms with Crippen molar-refractivity contribution < 1.29 is 18.8 Å². The van der Waals surface area contributed by atoms with Gasteiger partial charge in [0.15, 0.2) is 0 Å². The van der Waals surface area contributed by atoms with Gasteiger partial charge in [0, 0.05) is 30.5 Å². The van der Waals surface area contributed by atoms with Crippen molar-refractivity contribution in [2.45, 2.75) is 19.3 Å². The molecular formula is C19H22FN3O3S. The number of benzene rings is 1. The van der Waals surface area contributed by atoms with E-state index in [1.165, 1.54) is 23.5 Å². The molecule has 2 aromatic rings. The summed E-state index contributed by atoms with van der Waals surface area (Å²) in [4.78, 5) is 35.3. The topological polar surface area (TPSA) is 101 Å². The van der Waals surface area contributed by atoms with Crippen LogP contribution in [0, 0.1) is 11.7 Å². The molecule has 1 unspecified atom stereocenters. The number of rotatable bonds is 10. The van der Waals surface area contributed by atoms with Gasteiger partial charge in [0.2, 0.25) is 11.8 Å². The van der Waals surface area contributed by atoms with Crippen LogP contribution in [-0.4, -0.2) is 30.8 Å². The molecule has 0 spiro atoms. The Hall–Kier alpha value is -2.74. The second-order valence-corrected chi connectivity index (χ2v) is 6.89. The highest BCUT2D eigenvalue weighted by Gasteiger charge is 2.17. The Morgan fingerprint density at radius 1 is 1.11 bits per heavy atom. The van der Waals surface area contributed by atoms with Gasteiger partial charge in [-0.25, -0.2) is 4.39 Å². The van der Waals surface area contributed by atoms with E-state index in [9.17, 15) is 18.8 Å². The summed E-state index contributed by atoms with van der Waals surface area (Å²) in [6.45, 7) is 0.504. The first-order chi connectivity index (χ1) is 13.0. The first kappa shape index (κ1) is 20.6. The lowest BCUT2D eigenvalue weighted by Crippen LogP contribution is -2.37. The number of nitrogens with one attached hydrogen (secondary N) is 2. The van der Waals surface area contributed by atoms with Crippen LogP contribution in [0.5, 0.6) is 0 Å². The molecule has 1 heterocycles. The Morgan fingerprint density at radius 2 is 1.85 bits per heavy atom. The molecule has 3 amide bonds. The number of primary amides is 1. The van der Waals surface area contributed by atoms with Gasteiger partial charge in [-0.05, 0) is 42.0 Å². The van der Waals surface area contributed by atoms with E-state index in [0.29, 0.717) is 24.9 Å². The zero-order valence-corrected chi connectivity index (χ0v) is 15.6. The molecule has 0 fully saturated rings. The summed E-state index contributed by atoms with van der Waals surface area (Å²) in [5, 5.41) is 9.01. The third-order valence-electron chi connectivity index (χ3n) is 3.99. The van der Waals surface area contributed by atoms with Gasteiger partial charge in [0.25, 0.3) is 5.91 Å². The van der Waals surface area contributed by atoms with Gasteiger partial charge in [-0.15, -0.1) is 0 Å². The SMILES string of the molecule is NC(=O)C(CNC(=O)CCCNC(=O)c1ccsc1)Cc1ccc(F)cc1. The van der Waals surface area contributed by atoms with Gasteiger partial charge in [-0.2, -0.15) is 11.3 Å². The molecule has 0 bridgehead atoms. The number of hydrogen-bond acceptors (Lipinski definition) is 4. The van der Waals surface area contributed by atoms with Crippen molar-refractivity contribution in [3.63, 3.8) is 0 Å². The molecule has 0 saturated heterocycles. The van der Waals surface area contributed by atoms with Gasteiger partial charge in [-0.3, -0.25) is 14.4 Å². The van der Waals surface area contributed by atoms with E-state index in [1.807, 2.05) is 5.38 Å². The number of carbonyl (C=O) groups is 3. The smallest absolute Gasteiger partial charge is 0.252 e. The molecule has 144 valence electrons. The zero-order valence-electron chi connectivity index (χ0n) is 14.7. The molecule has 0 aliphatic carbocycles. The van der Waals surface area contributed by atoms with Gasteiger partial charge in [0.1, 0.15) is 5.82 Å². The van der Waals surface area contributed by atoms with E-state index in [1.54, 1.807) is 23.6 Å². The van der Waals surface area contributed by atoms with Gasteiger partial charge in [-0.1, -0.05) is 12.1 Å². The molecule has 0 saturated carbocycles. The average Bonchev–Trinajstić information content (AvgIpc) is 3.18. The first-order valence-electron chi connectivity index (χ1n) is 8.56. The van der Waals surface area contributed by atoms with Crippen molar-refractivity contribution in [2.24, 2.45) is 11.7 Å². The van der Waals surface area contributed by atoms with Crippen molar-refractivity contribution in [2.75, 3.05) is 13.1 Å². The van der Waals surface area contributed by atoms with Gasteiger partial charge < -0.3 is 16.4 Å². The molecule has 4 N–H and O–H groups in total. The number of nitrogens with two attached hydrogens (primary N) is 1. The van der Waals surface area contributed by atoms with Crippen molar-refractivity contribution in [3.05, 3.63) is 58.0 Å². The van der Waals surface area contributed by atoms with Crippen LogP contribution in [-0.2, 0) is 16.0 Å². The Labute approximate surface area is 161 Å². The van der Waals surface area contributed by atoms with E-state index in [4.69, 9.17) is 5.73 Å². The van der Waals surface area contributed by atoms with Crippen LogP contribution in [0.3, 0.4) is 0 Å². The maximum absolute atomic E-state index is 12.9. The lowest BCUT2D eigenvalue weighted by atomic mass is 9.98. The van der Waals surface area contributed by atoms with E-state index in [2.05, 4.69) is 10.6 Å². The van der Waals surface area contributed by atoms with Crippen molar-refractivity contribution >= 4 is 29.1 Å². The van der Waals surface area contributed by atoms with Crippen molar-refractivity contribution in [1.29, 1.82) is 0 Å². The molecule has 0 radical (unpaired) electrons. The van der Waals surface area contributed by atoms with Crippen molar-refractivity contribution in [1.82, 2.24) is 10.6 Å². The highest BCUT2D eigenvalue weighted by Crippen LogP contribution is 2.10. The minimum Gasteiger partial charge on any atom is -0.369 e. The molecule has 6 nitrogen and oxygen atoms in total. The Bertz CT molecular complexity index is 763. The second-order valence-electron chi connectivity index (χ2n) is 6.11. The summed E-state index contributed by atoms with van der Waals surface area (Å²) in [5.74, 6) is -1.83.